The number of hydrogen-bond donors (Lipinski definition) is 2. The third-order valence-electron chi connectivity index (χ3n) is 1.68. The first-order chi connectivity index (χ1) is 4.30. The standard InChI is InChI=1S/C6H14N3/c1-5(7)6-4-8-2-3-9-6/h5-9H,2-4H2,1H3. The van der Waals surface area contributed by atoms with Gasteiger partial charge in [-0.2, -0.15) is 0 Å². The molecule has 1 rings (SSSR count). The van der Waals surface area contributed by atoms with E-state index in [1.54, 1.807) is 0 Å². The fourth-order valence-electron chi connectivity index (χ4n) is 1.03. The molecule has 1 saturated heterocycles. The summed E-state index contributed by atoms with van der Waals surface area (Å²) in [6, 6.07) is 0.372. The lowest BCUT2D eigenvalue weighted by molar-refractivity contribution is 0.373. The van der Waals surface area contributed by atoms with Crippen molar-refractivity contribution in [3.63, 3.8) is 0 Å². The minimum Gasteiger partial charge on any atom is -0.314 e. The smallest absolute Gasteiger partial charge is 0.0357 e. The summed E-state index contributed by atoms with van der Waals surface area (Å²) in [7, 11) is 0. The van der Waals surface area contributed by atoms with Gasteiger partial charge in [-0.3, -0.25) is 5.73 Å². The van der Waals surface area contributed by atoms with Crippen LogP contribution < -0.4 is 16.4 Å². The first-order valence-electron chi connectivity index (χ1n) is 3.46. The Labute approximate surface area is 56.0 Å². The van der Waals surface area contributed by atoms with Crippen molar-refractivity contribution in [1.82, 2.24) is 16.4 Å². The fourth-order valence-corrected chi connectivity index (χ4v) is 1.03. The fraction of sp³-hybridized carbons (Fsp3) is 1.00. The van der Waals surface area contributed by atoms with Gasteiger partial charge in [-0.25, -0.2) is 0 Å². The monoisotopic (exact) mass is 128 g/mol. The van der Waals surface area contributed by atoms with Gasteiger partial charge in [-0.1, -0.05) is 0 Å². The molecule has 2 atom stereocenters. The quantitative estimate of drug-likeness (QED) is 0.486. The molecule has 0 saturated carbocycles. The summed E-state index contributed by atoms with van der Waals surface area (Å²) < 4.78 is 0. The van der Waals surface area contributed by atoms with E-state index in [1.807, 2.05) is 6.92 Å². The van der Waals surface area contributed by atoms with Crippen LogP contribution in [0.1, 0.15) is 6.92 Å². The highest BCUT2D eigenvalue weighted by Gasteiger charge is 2.15. The Morgan fingerprint density at radius 2 is 2.33 bits per heavy atom. The van der Waals surface area contributed by atoms with Crippen molar-refractivity contribution in [2.24, 2.45) is 0 Å². The zero-order valence-electron chi connectivity index (χ0n) is 5.78. The molecule has 1 heterocycles. The SMILES string of the molecule is CC([NH])C1CNCCN1. The van der Waals surface area contributed by atoms with Crippen molar-refractivity contribution in [3.05, 3.63) is 0 Å². The summed E-state index contributed by atoms with van der Waals surface area (Å²) >= 11 is 0. The van der Waals surface area contributed by atoms with Gasteiger partial charge in [-0.15, -0.1) is 0 Å². The van der Waals surface area contributed by atoms with E-state index in [0.29, 0.717) is 6.04 Å². The van der Waals surface area contributed by atoms with Gasteiger partial charge in [0.1, 0.15) is 0 Å². The number of nitrogens with one attached hydrogen (secondary N) is 3. The molecule has 1 aliphatic rings. The highest BCUT2D eigenvalue weighted by molar-refractivity contribution is 4.81. The van der Waals surface area contributed by atoms with Gasteiger partial charge >= 0.3 is 0 Å². The molecule has 0 aliphatic carbocycles. The molecule has 0 aromatic rings. The molecule has 3 N–H and O–H groups in total. The van der Waals surface area contributed by atoms with Crippen molar-refractivity contribution in [2.45, 2.75) is 19.0 Å². The molecule has 0 bridgehead atoms. The minimum absolute atomic E-state index is 0.0119. The Balaban J connectivity index is 2.23. The highest BCUT2D eigenvalue weighted by Crippen LogP contribution is 1.91. The van der Waals surface area contributed by atoms with Gasteiger partial charge in [0.15, 0.2) is 0 Å². The van der Waals surface area contributed by atoms with Crippen molar-refractivity contribution in [3.8, 4) is 0 Å². The van der Waals surface area contributed by atoms with Crippen molar-refractivity contribution in [1.29, 1.82) is 0 Å². The van der Waals surface area contributed by atoms with Gasteiger partial charge in [-0.05, 0) is 6.92 Å². The topological polar surface area (TPSA) is 47.9 Å². The van der Waals surface area contributed by atoms with E-state index in [4.69, 9.17) is 5.73 Å². The molecule has 1 radical (unpaired) electrons. The summed E-state index contributed by atoms with van der Waals surface area (Å²) in [6.07, 6.45) is 0. The Morgan fingerprint density at radius 1 is 1.56 bits per heavy atom. The molecule has 0 spiro atoms. The lowest BCUT2D eigenvalue weighted by Gasteiger charge is -2.26. The molecule has 1 aliphatic heterocycles. The van der Waals surface area contributed by atoms with E-state index in [2.05, 4.69) is 10.6 Å². The number of hydrogen-bond acceptors (Lipinski definition) is 2. The first-order valence-corrected chi connectivity index (χ1v) is 3.46. The van der Waals surface area contributed by atoms with Crippen LogP contribution in [0.3, 0.4) is 0 Å². The van der Waals surface area contributed by atoms with Crippen LogP contribution in [-0.2, 0) is 0 Å². The van der Waals surface area contributed by atoms with Crippen molar-refractivity contribution < 1.29 is 0 Å². The lowest BCUT2D eigenvalue weighted by atomic mass is 10.1. The predicted molar refractivity (Wildman–Crippen MR) is 37.2 cm³/mol. The summed E-state index contributed by atoms with van der Waals surface area (Å²) in [5.41, 5.74) is 7.37. The Bertz CT molecular complexity index is 76.4. The maximum Gasteiger partial charge on any atom is 0.0357 e. The second-order valence-corrected chi connectivity index (χ2v) is 2.55. The molecule has 3 heteroatoms. The lowest BCUT2D eigenvalue weighted by Crippen LogP contribution is -2.53. The third kappa shape index (κ3) is 1.93. The zero-order chi connectivity index (χ0) is 6.69. The Morgan fingerprint density at radius 3 is 2.67 bits per heavy atom. The van der Waals surface area contributed by atoms with E-state index in [1.165, 1.54) is 0 Å². The molecule has 0 amide bonds. The maximum atomic E-state index is 7.37. The van der Waals surface area contributed by atoms with Crippen LogP contribution >= 0.6 is 0 Å². The summed E-state index contributed by atoms with van der Waals surface area (Å²) in [5, 5.41) is 6.50. The van der Waals surface area contributed by atoms with Crippen LogP contribution in [0.4, 0.5) is 0 Å². The molecule has 53 valence electrons. The average molecular weight is 128 g/mol. The highest BCUT2D eigenvalue weighted by atomic mass is 15.1. The Kier molecular flexibility index (Phi) is 2.45. The Hall–Kier alpha value is -0.120. The van der Waals surface area contributed by atoms with E-state index < -0.39 is 0 Å². The maximum absolute atomic E-state index is 7.37. The van der Waals surface area contributed by atoms with Crippen LogP contribution in [0.5, 0.6) is 0 Å². The number of rotatable bonds is 1. The molecular weight excluding hydrogens is 114 g/mol. The second kappa shape index (κ2) is 3.15. The van der Waals surface area contributed by atoms with Gasteiger partial charge in [0, 0.05) is 31.7 Å². The zero-order valence-corrected chi connectivity index (χ0v) is 5.78. The van der Waals surface area contributed by atoms with Gasteiger partial charge in [0.25, 0.3) is 0 Å². The van der Waals surface area contributed by atoms with E-state index >= 15 is 0 Å². The van der Waals surface area contributed by atoms with Crippen molar-refractivity contribution in [2.75, 3.05) is 19.6 Å². The molecule has 3 nitrogen and oxygen atoms in total. The molecular formula is C6H14N3. The van der Waals surface area contributed by atoms with Crippen LogP contribution in [0.2, 0.25) is 0 Å². The van der Waals surface area contributed by atoms with Gasteiger partial charge in [0.2, 0.25) is 0 Å². The predicted octanol–water partition coefficient (Wildman–Crippen LogP) is -0.781. The van der Waals surface area contributed by atoms with Crippen LogP contribution in [0, 0.1) is 0 Å². The van der Waals surface area contributed by atoms with Gasteiger partial charge < -0.3 is 10.6 Å². The van der Waals surface area contributed by atoms with Crippen LogP contribution in [0.15, 0.2) is 0 Å². The van der Waals surface area contributed by atoms with Gasteiger partial charge in [0.05, 0.1) is 0 Å². The van der Waals surface area contributed by atoms with E-state index in [-0.39, 0.29) is 6.04 Å². The summed E-state index contributed by atoms with van der Waals surface area (Å²) in [6.45, 7) is 4.92. The molecule has 1 fully saturated rings. The van der Waals surface area contributed by atoms with Crippen molar-refractivity contribution >= 4 is 0 Å². The molecule has 2 unspecified atom stereocenters. The first kappa shape index (κ1) is 6.99. The molecule has 9 heavy (non-hydrogen) atoms. The summed E-state index contributed by atoms with van der Waals surface area (Å²) in [5.74, 6) is 0. The number of piperazine rings is 1. The average Bonchev–Trinajstić information content (AvgIpc) is 1.90. The van der Waals surface area contributed by atoms with Crippen LogP contribution in [-0.4, -0.2) is 31.7 Å². The normalized spacial score (nSPS) is 32.0. The minimum atomic E-state index is 0.0119. The largest absolute Gasteiger partial charge is 0.314 e. The third-order valence-corrected chi connectivity index (χ3v) is 1.68. The molecule has 0 aromatic heterocycles. The second-order valence-electron chi connectivity index (χ2n) is 2.55. The van der Waals surface area contributed by atoms with E-state index in [9.17, 15) is 0 Å². The van der Waals surface area contributed by atoms with E-state index in [0.717, 1.165) is 19.6 Å². The summed E-state index contributed by atoms with van der Waals surface area (Å²) in [4.78, 5) is 0. The van der Waals surface area contributed by atoms with Crippen LogP contribution in [0.25, 0.3) is 0 Å². The molecule has 0 aromatic carbocycles.